The highest BCUT2D eigenvalue weighted by Crippen LogP contribution is 2.20. The van der Waals surface area contributed by atoms with E-state index in [4.69, 9.17) is 0 Å². The van der Waals surface area contributed by atoms with Crippen LogP contribution in [0.15, 0.2) is 15.2 Å². The normalized spacial score (nSPS) is 11.8. The van der Waals surface area contributed by atoms with E-state index in [1.165, 1.54) is 5.56 Å². The van der Waals surface area contributed by atoms with Crippen LogP contribution >= 0.6 is 39.7 Å². The number of nitrogens with one attached hydrogen (secondary N) is 1. The summed E-state index contributed by atoms with van der Waals surface area (Å²) in [5.74, 6) is 0.101. The Morgan fingerprint density at radius 3 is 2.69 bits per heavy atom. The lowest BCUT2D eigenvalue weighted by Crippen LogP contribution is -2.41. The Labute approximate surface area is 115 Å². The number of likely N-dealkylation sites (N-methyl/N-ethyl adjacent to an activating group) is 1. The number of carbonyl (C=O) groups is 1. The van der Waals surface area contributed by atoms with Gasteiger partial charge >= 0.3 is 0 Å². The summed E-state index contributed by atoms with van der Waals surface area (Å²) >= 11 is 5.06. The number of carbonyl (C=O) groups excluding carboxylic acids is 1. The second kappa shape index (κ2) is 7.27. The summed E-state index contributed by atoms with van der Waals surface area (Å²) in [7, 11) is 3.53. The maximum Gasteiger partial charge on any atom is 0.238 e. The molecule has 6 heteroatoms. The zero-order chi connectivity index (χ0) is 11.4. The van der Waals surface area contributed by atoms with E-state index in [2.05, 4.69) is 32.7 Å². The topological polar surface area (TPSA) is 32.3 Å². The number of hydrogen-bond donors (Lipinski definition) is 1. The molecule has 1 heterocycles. The monoisotopic (exact) mass is 326 g/mol. The minimum atomic E-state index is -0.140. The summed E-state index contributed by atoms with van der Waals surface area (Å²) in [6.45, 7) is 2.60. The van der Waals surface area contributed by atoms with Gasteiger partial charge in [-0.05, 0) is 39.9 Å². The lowest BCUT2D eigenvalue weighted by Gasteiger charge is -2.17. The van der Waals surface area contributed by atoms with Crippen molar-refractivity contribution < 1.29 is 4.79 Å². The average molecular weight is 328 g/mol. The minimum Gasteiger partial charge on any atom is -0.347 e. The molecule has 0 aliphatic carbocycles. The SMILES string of the molecule is C[C@@H](NCc1csc(Br)c1)C(=O)N(C)C.Cl. The van der Waals surface area contributed by atoms with Gasteiger partial charge in [0.05, 0.1) is 9.83 Å². The van der Waals surface area contributed by atoms with Crippen molar-refractivity contribution in [2.75, 3.05) is 14.1 Å². The summed E-state index contributed by atoms with van der Waals surface area (Å²) in [6, 6.07) is 1.92. The van der Waals surface area contributed by atoms with E-state index in [1.807, 2.05) is 6.92 Å². The average Bonchev–Trinajstić information content (AvgIpc) is 2.59. The van der Waals surface area contributed by atoms with E-state index in [-0.39, 0.29) is 24.4 Å². The van der Waals surface area contributed by atoms with E-state index >= 15 is 0 Å². The number of thiophene rings is 1. The van der Waals surface area contributed by atoms with Gasteiger partial charge < -0.3 is 10.2 Å². The Kier molecular flexibility index (Phi) is 7.22. The minimum absolute atomic E-state index is 0. The molecular weight excluding hydrogens is 312 g/mol. The van der Waals surface area contributed by atoms with Crippen LogP contribution in [0.5, 0.6) is 0 Å². The first kappa shape index (κ1) is 15.9. The van der Waals surface area contributed by atoms with Crippen LogP contribution in [-0.2, 0) is 11.3 Å². The molecule has 0 saturated carbocycles. The van der Waals surface area contributed by atoms with E-state index < -0.39 is 0 Å². The fourth-order valence-corrected chi connectivity index (χ4v) is 2.39. The quantitative estimate of drug-likeness (QED) is 0.921. The molecule has 3 nitrogen and oxygen atoms in total. The largest absolute Gasteiger partial charge is 0.347 e. The van der Waals surface area contributed by atoms with Crippen molar-refractivity contribution in [1.29, 1.82) is 0 Å². The molecule has 1 aromatic heterocycles. The maximum atomic E-state index is 11.5. The molecule has 1 N–H and O–H groups in total. The van der Waals surface area contributed by atoms with Crippen molar-refractivity contribution in [2.24, 2.45) is 0 Å². The maximum absolute atomic E-state index is 11.5. The Morgan fingerprint density at radius 2 is 2.25 bits per heavy atom. The van der Waals surface area contributed by atoms with Crippen molar-refractivity contribution in [1.82, 2.24) is 10.2 Å². The molecule has 0 saturated heterocycles. The predicted octanol–water partition coefficient (Wildman–Crippen LogP) is 2.50. The van der Waals surface area contributed by atoms with Crippen LogP contribution in [0.1, 0.15) is 12.5 Å². The van der Waals surface area contributed by atoms with Gasteiger partial charge in [-0.1, -0.05) is 0 Å². The van der Waals surface area contributed by atoms with Crippen LogP contribution in [0.4, 0.5) is 0 Å². The summed E-state index contributed by atoms with van der Waals surface area (Å²) in [6.07, 6.45) is 0. The van der Waals surface area contributed by atoms with Crippen LogP contribution in [0.3, 0.4) is 0 Å². The van der Waals surface area contributed by atoms with Crippen LogP contribution in [0.2, 0.25) is 0 Å². The fourth-order valence-electron chi connectivity index (χ4n) is 1.18. The molecule has 1 aromatic rings. The molecule has 0 aliphatic rings. The van der Waals surface area contributed by atoms with E-state index in [0.717, 1.165) is 10.3 Å². The van der Waals surface area contributed by atoms with Crippen molar-refractivity contribution in [2.45, 2.75) is 19.5 Å². The van der Waals surface area contributed by atoms with Crippen molar-refractivity contribution in [3.05, 3.63) is 20.8 Å². The second-order valence-electron chi connectivity index (χ2n) is 3.59. The Morgan fingerprint density at radius 1 is 1.62 bits per heavy atom. The first-order chi connectivity index (χ1) is 7.00. The molecule has 0 aromatic carbocycles. The van der Waals surface area contributed by atoms with Crippen LogP contribution in [-0.4, -0.2) is 30.9 Å². The first-order valence-corrected chi connectivity index (χ1v) is 6.35. The third kappa shape index (κ3) is 4.82. The highest BCUT2D eigenvalue weighted by Gasteiger charge is 2.13. The molecule has 0 bridgehead atoms. The molecule has 1 amide bonds. The van der Waals surface area contributed by atoms with Crippen LogP contribution in [0.25, 0.3) is 0 Å². The Bertz CT molecular complexity index is 343. The predicted molar refractivity (Wildman–Crippen MR) is 74.3 cm³/mol. The summed E-state index contributed by atoms with van der Waals surface area (Å²) in [4.78, 5) is 13.1. The smallest absolute Gasteiger partial charge is 0.238 e. The van der Waals surface area contributed by atoms with Gasteiger partial charge in [0.15, 0.2) is 0 Å². The van der Waals surface area contributed by atoms with Gasteiger partial charge in [0.1, 0.15) is 0 Å². The summed E-state index contributed by atoms with van der Waals surface area (Å²) in [5.41, 5.74) is 1.20. The third-order valence-electron chi connectivity index (χ3n) is 2.05. The van der Waals surface area contributed by atoms with E-state index in [0.29, 0.717) is 0 Å². The highest BCUT2D eigenvalue weighted by atomic mass is 79.9. The van der Waals surface area contributed by atoms with Gasteiger partial charge in [-0.25, -0.2) is 0 Å². The molecule has 16 heavy (non-hydrogen) atoms. The molecular formula is C10H16BrClN2OS. The number of hydrogen-bond acceptors (Lipinski definition) is 3. The number of amides is 1. The van der Waals surface area contributed by atoms with Gasteiger partial charge in [0.25, 0.3) is 0 Å². The van der Waals surface area contributed by atoms with Gasteiger partial charge in [-0.2, -0.15) is 0 Å². The zero-order valence-corrected chi connectivity index (χ0v) is 12.7. The highest BCUT2D eigenvalue weighted by molar-refractivity contribution is 9.11. The van der Waals surface area contributed by atoms with Crippen LogP contribution < -0.4 is 5.32 Å². The van der Waals surface area contributed by atoms with Crippen LogP contribution in [0, 0.1) is 0 Å². The third-order valence-corrected chi connectivity index (χ3v) is 3.60. The molecule has 0 spiro atoms. The molecule has 0 unspecified atom stereocenters. The molecule has 0 aliphatic heterocycles. The van der Waals surface area contributed by atoms with E-state index in [1.54, 1.807) is 30.3 Å². The van der Waals surface area contributed by atoms with Crippen molar-refractivity contribution >= 4 is 45.6 Å². The molecule has 0 radical (unpaired) electrons. The zero-order valence-electron chi connectivity index (χ0n) is 9.49. The van der Waals surface area contributed by atoms with Gasteiger partial charge in [0.2, 0.25) is 5.91 Å². The fraction of sp³-hybridized carbons (Fsp3) is 0.500. The van der Waals surface area contributed by atoms with Gasteiger partial charge in [-0.15, -0.1) is 23.7 Å². The number of halogens is 2. The number of rotatable bonds is 4. The van der Waals surface area contributed by atoms with Gasteiger partial charge in [-0.3, -0.25) is 4.79 Å². The molecule has 1 atom stereocenters. The molecule has 1 rings (SSSR count). The second-order valence-corrected chi connectivity index (χ2v) is 5.88. The standard InChI is InChI=1S/C10H15BrN2OS.ClH/c1-7(10(14)13(2)3)12-5-8-4-9(11)15-6-8;/h4,6-7,12H,5H2,1-3H3;1H/t7-;/m1./s1. The first-order valence-electron chi connectivity index (χ1n) is 4.68. The summed E-state index contributed by atoms with van der Waals surface area (Å²) in [5, 5.41) is 5.26. The number of nitrogens with zero attached hydrogens (tertiary/aromatic N) is 1. The lowest BCUT2D eigenvalue weighted by atomic mass is 10.2. The van der Waals surface area contributed by atoms with Crippen molar-refractivity contribution in [3.8, 4) is 0 Å². The Hall–Kier alpha value is -0.100. The lowest BCUT2D eigenvalue weighted by molar-refractivity contribution is -0.130. The Balaban J connectivity index is 0.00000225. The summed E-state index contributed by atoms with van der Waals surface area (Å²) < 4.78 is 1.12. The van der Waals surface area contributed by atoms with E-state index in [9.17, 15) is 4.79 Å². The van der Waals surface area contributed by atoms with Gasteiger partial charge in [0, 0.05) is 20.6 Å². The molecule has 0 fully saturated rings. The van der Waals surface area contributed by atoms with Crippen molar-refractivity contribution in [3.63, 3.8) is 0 Å². The molecule has 92 valence electrons.